The zero-order valence-corrected chi connectivity index (χ0v) is 10.5. The van der Waals surface area contributed by atoms with E-state index in [0.29, 0.717) is 12.4 Å². The first kappa shape index (κ1) is 13.3. The van der Waals surface area contributed by atoms with Crippen LogP contribution >= 0.6 is 11.6 Å². The molecular weight excluding hydrogens is 224 g/mol. The van der Waals surface area contributed by atoms with E-state index in [1.807, 2.05) is 12.1 Å². The third kappa shape index (κ3) is 3.65. The second-order valence-corrected chi connectivity index (χ2v) is 3.95. The van der Waals surface area contributed by atoms with E-state index in [4.69, 9.17) is 16.7 Å². The van der Waals surface area contributed by atoms with E-state index in [2.05, 4.69) is 16.8 Å². The number of halogens is 1. The first-order chi connectivity index (χ1) is 7.83. The van der Waals surface area contributed by atoms with E-state index in [9.17, 15) is 0 Å². The van der Waals surface area contributed by atoms with Gasteiger partial charge in [0.1, 0.15) is 5.82 Å². The van der Waals surface area contributed by atoms with Crippen molar-refractivity contribution in [2.75, 3.05) is 24.6 Å². The van der Waals surface area contributed by atoms with Crippen LogP contribution in [0.15, 0.2) is 18.3 Å². The number of hydrogen-bond donors (Lipinski definition) is 1. The fraction of sp³-hybridized carbons (Fsp3) is 0.583. The van der Waals surface area contributed by atoms with Crippen molar-refractivity contribution in [3.05, 3.63) is 23.9 Å². The highest BCUT2D eigenvalue weighted by atomic mass is 35.5. The molecule has 1 rings (SSSR count). The predicted molar refractivity (Wildman–Crippen MR) is 68.0 cm³/mol. The standard InChI is InChI=1S/C12H19ClN2O/c1-2-3-7-15(8-9-16)12-11(10-13)5-4-6-14-12/h4-6,16H,2-3,7-10H2,1H3. The van der Waals surface area contributed by atoms with E-state index >= 15 is 0 Å². The van der Waals surface area contributed by atoms with Crippen LogP contribution in [-0.4, -0.2) is 29.8 Å². The normalized spacial score (nSPS) is 10.4. The number of aromatic nitrogens is 1. The van der Waals surface area contributed by atoms with Crippen LogP contribution in [-0.2, 0) is 5.88 Å². The molecule has 16 heavy (non-hydrogen) atoms. The quantitative estimate of drug-likeness (QED) is 0.746. The molecule has 90 valence electrons. The summed E-state index contributed by atoms with van der Waals surface area (Å²) in [6.45, 7) is 3.82. The Morgan fingerprint density at radius 2 is 2.25 bits per heavy atom. The average molecular weight is 243 g/mol. The lowest BCUT2D eigenvalue weighted by atomic mass is 10.2. The highest BCUT2D eigenvalue weighted by Gasteiger charge is 2.10. The summed E-state index contributed by atoms with van der Waals surface area (Å²) >= 11 is 5.88. The van der Waals surface area contributed by atoms with Crippen LogP contribution in [0.3, 0.4) is 0 Å². The van der Waals surface area contributed by atoms with Gasteiger partial charge in [-0.3, -0.25) is 0 Å². The second-order valence-electron chi connectivity index (χ2n) is 3.68. The molecule has 4 heteroatoms. The summed E-state index contributed by atoms with van der Waals surface area (Å²) in [5, 5.41) is 9.06. The number of anilines is 1. The molecule has 0 aliphatic heterocycles. The molecule has 1 aromatic heterocycles. The van der Waals surface area contributed by atoms with E-state index in [0.717, 1.165) is 30.8 Å². The van der Waals surface area contributed by atoms with Gasteiger partial charge < -0.3 is 10.0 Å². The van der Waals surface area contributed by atoms with Gasteiger partial charge in [-0.15, -0.1) is 11.6 Å². The molecular formula is C12H19ClN2O. The highest BCUT2D eigenvalue weighted by molar-refractivity contribution is 6.17. The van der Waals surface area contributed by atoms with Crippen LogP contribution in [0, 0.1) is 0 Å². The van der Waals surface area contributed by atoms with Crippen LogP contribution in [0.5, 0.6) is 0 Å². The zero-order chi connectivity index (χ0) is 11.8. The van der Waals surface area contributed by atoms with Crippen LogP contribution in [0.2, 0.25) is 0 Å². The van der Waals surface area contributed by atoms with Gasteiger partial charge in [0.15, 0.2) is 0 Å². The average Bonchev–Trinajstić information content (AvgIpc) is 2.34. The maximum atomic E-state index is 9.06. The molecule has 0 atom stereocenters. The summed E-state index contributed by atoms with van der Waals surface area (Å²) in [4.78, 5) is 6.45. The lowest BCUT2D eigenvalue weighted by molar-refractivity contribution is 0.301. The number of pyridine rings is 1. The largest absolute Gasteiger partial charge is 0.395 e. The van der Waals surface area contributed by atoms with Gasteiger partial charge in [0.25, 0.3) is 0 Å². The lowest BCUT2D eigenvalue weighted by Crippen LogP contribution is -2.29. The topological polar surface area (TPSA) is 36.4 Å². The molecule has 0 radical (unpaired) electrons. The molecule has 0 aliphatic rings. The van der Waals surface area contributed by atoms with E-state index < -0.39 is 0 Å². The first-order valence-electron chi connectivity index (χ1n) is 5.69. The Labute approximate surface area is 102 Å². The molecule has 3 nitrogen and oxygen atoms in total. The first-order valence-corrected chi connectivity index (χ1v) is 6.22. The number of aliphatic hydroxyl groups excluding tert-OH is 1. The molecule has 0 saturated carbocycles. The molecule has 0 spiro atoms. The Kier molecular flexibility index (Phi) is 6.19. The SMILES string of the molecule is CCCCN(CCO)c1ncccc1CCl. The van der Waals surface area contributed by atoms with Crippen LogP contribution in [0.25, 0.3) is 0 Å². The minimum Gasteiger partial charge on any atom is -0.395 e. The molecule has 0 amide bonds. The molecule has 0 aromatic carbocycles. The van der Waals surface area contributed by atoms with Crippen LogP contribution in [0.1, 0.15) is 25.3 Å². The number of rotatable bonds is 7. The molecule has 1 aromatic rings. The Morgan fingerprint density at radius 1 is 1.44 bits per heavy atom. The fourth-order valence-corrected chi connectivity index (χ4v) is 1.82. The highest BCUT2D eigenvalue weighted by Crippen LogP contribution is 2.19. The zero-order valence-electron chi connectivity index (χ0n) is 9.69. The number of aliphatic hydroxyl groups is 1. The van der Waals surface area contributed by atoms with Gasteiger partial charge in [-0.05, 0) is 12.5 Å². The van der Waals surface area contributed by atoms with Crippen molar-refractivity contribution in [2.45, 2.75) is 25.6 Å². The fourth-order valence-electron chi connectivity index (χ4n) is 1.61. The van der Waals surface area contributed by atoms with Gasteiger partial charge in [-0.2, -0.15) is 0 Å². The summed E-state index contributed by atoms with van der Waals surface area (Å²) in [7, 11) is 0. The maximum absolute atomic E-state index is 9.06. The predicted octanol–water partition coefficient (Wildman–Crippen LogP) is 2.42. The second kappa shape index (κ2) is 7.47. The van der Waals surface area contributed by atoms with E-state index in [1.165, 1.54) is 0 Å². The van der Waals surface area contributed by atoms with Crippen molar-refractivity contribution >= 4 is 17.4 Å². The van der Waals surface area contributed by atoms with Gasteiger partial charge in [0.05, 0.1) is 12.5 Å². The molecule has 0 unspecified atom stereocenters. The Bertz CT molecular complexity index is 307. The minimum atomic E-state index is 0.141. The smallest absolute Gasteiger partial charge is 0.133 e. The molecule has 0 aliphatic carbocycles. The van der Waals surface area contributed by atoms with Crippen LogP contribution < -0.4 is 4.90 Å². The van der Waals surface area contributed by atoms with Gasteiger partial charge in [-0.1, -0.05) is 19.4 Å². The number of hydrogen-bond acceptors (Lipinski definition) is 3. The molecule has 0 saturated heterocycles. The lowest BCUT2D eigenvalue weighted by Gasteiger charge is -2.24. The van der Waals surface area contributed by atoms with Crippen molar-refractivity contribution in [2.24, 2.45) is 0 Å². The molecule has 1 N–H and O–H groups in total. The van der Waals surface area contributed by atoms with Crippen molar-refractivity contribution in [1.82, 2.24) is 4.98 Å². The molecule has 0 fully saturated rings. The number of nitrogens with zero attached hydrogens (tertiary/aromatic N) is 2. The number of unbranched alkanes of at least 4 members (excludes halogenated alkanes) is 1. The van der Waals surface area contributed by atoms with E-state index in [-0.39, 0.29) is 6.61 Å². The Balaban J connectivity index is 2.81. The number of alkyl halides is 1. The van der Waals surface area contributed by atoms with Crippen molar-refractivity contribution in [3.63, 3.8) is 0 Å². The van der Waals surface area contributed by atoms with E-state index in [1.54, 1.807) is 6.20 Å². The van der Waals surface area contributed by atoms with Crippen molar-refractivity contribution in [3.8, 4) is 0 Å². The van der Waals surface area contributed by atoms with Gasteiger partial charge in [-0.25, -0.2) is 4.98 Å². The Hall–Kier alpha value is -0.800. The van der Waals surface area contributed by atoms with Crippen molar-refractivity contribution in [1.29, 1.82) is 0 Å². The minimum absolute atomic E-state index is 0.141. The summed E-state index contributed by atoms with van der Waals surface area (Å²) < 4.78 is 0. The third-order valence-corrected chi connectivity index (χ3v) is 2.75. The summed E-state index contributed by atoms with van der Waals surface area (Å²) in [5.74, 6) is 1.36. The third-order valence-electron chi connectivity index (χ3n) is 2.46. The van der Waals surface area contributed by atoms with Crippen molar-refractivity contribution < 1.29 is 5.11 Å². The Morgan fingerprint density at radius 3 is 2.88 bits per heavy atom. The summed E-state index contributed by atoms with van der Waals surface area (Å²) in [6.07, 6.45) is 3.99. The van der Waals surface area contributed by atoms with Crippen LogP contribution in [0.4, 0.5) is 5.82 Å². The maximum Gasteiger partial charge on any atom is 0.133 e. The monoisotopic (exact) mass is 242 g/mol. The molecule has 0 bridgehead atoms. The molecule has 1 heterocycles. The summed E-state index contributed by atoms with van der Waals surface area (Å²) in [5.41, 5.74) is 1.02. The van der Waals surface area contributed by atoms with Gasteiger partial charge in [0.2, 0.25) is 0 Å². The van der Waals surface area contributed by atoms with Gasteiger partial charge in [0, 0.05) is 24.8 Å². The summed E-state index contributed by atoms with van der Waals surface area (Å²) in [6, 6.07) is 3.86. The van der Waals surface area contributed by atoms with Gasteiger partial charge >= 0.3 is 0 Å².